The minimum atomic E-state index is -1.75. The van der Waals surface area contributed by atoms with Gasteiger partial charge in [-0.05, 0) is 50.3 Å². The van der Waals surface area contributed by atoms with Gasteiger partial charge < -0.3 is 25.2 Å². The fraction of sp³-hybridized carbons (Fsp3) is 0.500. The number of ether oxygens (including phenoxy) is 1. The van der Waals surface area contributed by atoms with Crippen molar-refractivity contribution in [1.82, 2.24) is 25.3 Å². The van der Waals surface area contributed by atoms with Gasteiger partial charge >= 0.3 is 6.03 Å². The van der Waals surface area contributed by atoms with Gasteiger partial charge in [0.1, 0.15) is 23.3 Å². The van der Waals surface area contributed by atoms with Crippen molar-refractivity contribution in [1.29, 1.82) is 0 Å². The molecule has 2 atom stereocenters. The van der Waals surface area contributed by atoms with Crippen LogP contribution in [0.2, 0.25) is 0 Å². The third-order valence-corrected chi connectivity index (χ3v) is 7.88. The number of Topliss-reactive ketones (excluding diaryl/α,β-unsaturated/α-hetero) is 1. The largest absolute Gasteiger partial charge is 0.341 e. The van der Waals surface area contributed by atoms with Crippen molar-refractivity contribution >= 4 is 40.7 Å². The van der Waals surface area contributed by atoms with Crippen molar-refractivity contribution in [2.75, 3.05) is 25.6 Å². The third kappa shape index (κ3) is 4.24. The molecule has 1 spiro atoms. The number of carbonyl (C=O) groups is 4. The monoisotopic (exact) mass is 512 g/mol. The van der Waals surface area contributed by atoms with Gasteiger partial charge in [-0.3, -0.25) is 14.4 Å². The Hall–Kier alpha value is -3.38. The Balaban J connectivity index is 1.34. The number of ketones is 1. The summed E-state index contributed by atoms with van der Waals surface area (Å²) < 4.78 is 5.87. The molecular weight excluding hydrogens is 484 g/mol. The van der Waals surface area contributed by atoms with Crippen LogP contribution < -0.4 is 10.6 Å². The van der Waals surface area contributed by atoms with Crippen molar-refractivity contribution in [3.63, 3.8) is 0 Å². The molecule has 0 unspecified atom stereocenters. The first-order chi connectivity index (χ1) is 17.2. The van der Waals surface area contributed by atoms with Crippen molar-refractivity contribution in [2.24, 2.45) is 5.92 Å². The second kappa shape index (κ2) is 9.25. The number of rotatable bonds is 7. The van der Waals surface area contributed by atoms with Gasteiger partial charge in [0, 0.05) is 30.8 Å². The molecule has 2 aromatic rings. The second-order valence-corrected chi connectivity index (χ2v) is 10.7. The molecule has 2 N–H and O–H groups in total. The molecule has 1 saturated carbocycles. The lowest BCUT2D eigenvalue weighted by molar-refractivity contribution is -0.149. The predicted molar refractivity (Wildman–Crippen MR) is 130 cm³/mol. The van der Waals surface area contributed by atoms with E-state index in [2.05, 4.69) is 20.8 Å². The topological polar surface area (TPSA) is 134 Å². The minimum absolute atomic E-state index is 0.00730. The molecule has 190 valence electrons. The highest BCUT2D eigenvalue weighted by atomic mass is 32.1. The number of anilines is 1. The second-order valence-electron chi connectivity index (χ2n) is 9.45. The quantitative estimate of drug-likeness (QED) is 0.538. The summed E-state index contributed by atoms with van der Waals surface area (Å²) in [5, 5.41) is 14.9. The molecule has 1 aliphatic heterocycles. The van der Waals surface area contributed by atoms with Gasteiger partial charge in [-0.25, -0.2) is 4.79 Å². The molecule has 5 rings (SSSR count). The minimum Gasteiger partial charge on any atom is -0.341 e. The standard InChI is InChI=1S/C24H28N6O5S/c1-13(15-4-5-15)30(10-20-28-27-14(2)36-20)21(32)11-29-12-35-24(22(29)33)18-7-6-17(26-23(34)25-3)8-16(18)9-19(24)31/h6-8,13,15H,4-5,9-12H2,1-3H3,(H2,25,26,34)/t13-,24+/m0/s1. The van der Waals surface area contributed by atoms with Crippen LogP contribution in [0.1, 0.15) is 40.9 Å². The smallest absolute Gasteiger partial charge is 0.318 e. The maximum atomic E-state index is 13.6. The van der Waals surface area contributed by atoms with Gasteiger partial charge in [0.05, 0.1) is 6.54 Å². The molecule has 2 fully saturated rings. The van der Waals surface area contributed by atoms with Gasteiger partial charge in [-0.15, -0.1) is 10.2 Å². The van der Waals surface area contributed by atoms with E-state index in [1.54, 1.807) is 23.1 Å². The lowest BCUT2D eigenvalue weighted by atomic mass is 9.94. The highest BCUT2D eigenvalue weighted by molar-refractivity contribution is 7.11. The first-order valence-electron chi connectivity index (χ1n) is 11.9. The number of nitrogens with one attached hydrogen (secondary N) is 2. The van der Waals surface area contributed by atoms with Crippen LogP contribution in [0.5, 0.6) is 0 Å². The van der Waals surface area contributed by atoms with Crippen LogP contribution in [0.3, 0.4) is 0 Å². The van der Waals surface area contributed by atoms with Gasteiger partial charge in [0.15, 0.2) is 5.78 Å². The van der Waals surface area contributed by atoms with Crippen molar-refractivity contribution in [2.45, 2.75) is 51.3 Å². The van der Waals surface area contributed by atoms with Crippen molar-refractivity contribution in [3.8, 4) is 0 Å². The number of urea groups is 1. The van der Waals surface area contributed by atoms with Crippen LogP contribution in [0.4, 0.5) is 10.5 Å². The number of benzene rings is 1. The highest BCUT2D eigenvalue weighted by Crippen LogP contribution is 2.43. The normalized spacial score (nSPS) is 21.6. The lowest BCUT2D eigenvalue weighted by Crippen LogP contribution is -2.48. The number of fused-ring (bicyclic) bond motifs is 2. The molecule has 0 radical (unpaired) electrons. The summed E-state index contributed by atoms with van der Waals surface area (Å²) in [6, 6.07) is 4.55. The Labute approximate surface area is 212 Å². The van der Waals surface area contributed by atoms with Gasteiger partial charge in [0.2, 0.25) is 11.5 Å². The fourth-order valence-corrected chi connectivity index (χ4v) is 5.63. The Morgan fingerprint density at radius 1 is 1.31 bits per heavy atom. The van der Waals surface area contributed by atoms with E-state index in [0.29, 0.717) is 29.3 Å². The molecule has 3 aliphatic rings. The average Bonchev–Trinajstić information content (AvgIpc) is 3.47. The first kappa shape index (κ1) is 24.3. The zero-order valence-corrected chi connectivity index (χ0v) is 21.2. The van der Waals surface area contributed by atoms with Crippen LogP contribution >= 0.6 is 11.3 Å². The number of aromatic nitrogens is 2. The van der Waals surface area contributed by atoms with E-state index in [4.69, 9.17) is 4.74 Å². The molecule has 2 aliphatic carbocycles. The summed E-state index contributed by atoms with van der Waals surface area (Å²) in [6.45, 7) is 3.88. The first-order valence-corrected chi connectivity index (χ1v) is 12.7. The number of hydrogen-bond donors (Lipinski definition) is 2. The predicted octanol–water partition coefficient (Wildman–Crippen LogP) is 1.56. The van der Waals surface area contributed by atoms with Gasteiger partial charge in [-0.1, -0.05) is 17.4 Å². The van der Waals surface area contributed by atoms with E-state index in [9.17, 15) is 19.2 Å². The number of nitrogens with zero attached hydrogens (tertiary/aromatic N) is 4. The highest BCUT2D eigenvalue weighted by Gasteiger charge is 2.59. The zero-order chi connectivity index (χ0) is 25.6. The van der Waals surface area contributed by atoms with Crippen LogP contribution in [0.25, 0.3) is 0 Å². The summed E-state index contributed by atoms with van der Waals surface area (Å²) in [5.74, 6) is -0.688. The molecule has 12 heteroatoms. The molecule has 2 heterocycles. The van der Waals surface area contributed by atoms with E-state index in [-0.39, 0.29) is 43.5 Å². The SMILES string of the molecule is CNC(=O)Nc1ccc2c(c1)CC(=O)[C@]21OCN(CC(=O)N(Cc2nnc(C)s2)[C@@H](C)C2CC2)C1=O. The molecule has 11 nitrogen and oxygen atoms in total. The van der Waals surface area contributed by atoms with Crippen LogP contribution in [-0.4, -0.2) is 70.0 Å². The Morgan fingerprint density at radius 3 is 2.75 bits per heavy atom. The molecule has 0 bridgehead atoms. The lowest BCUT2D eigenvalue weighted by Gasteiger charge is -2.30. The summed E-state index contributed by atoms with van der Waals surface area (Å²) >= 11 is 1.44. The Bertz CT molecular complexity index is 1240. The van der Waals surface area contributed by atoms with Crippen LogP contribution in [0, 0.1) is 12.8 Å². The molecule has 4 amide bonds. The Morgan fingerprint density at radius 2 is 2.08 bits per heavy atom. The third-order valence-electron chi connectivity index (χ3n) is 7.05. The Kier molecular flexibility index (Phi) is 6.25. The van der Waals surface area contributed by atoms with Gasteiger partial charge in [0.25, 0.3) is 5.91 Å². The zero-order valence-electron chi connectivity index (χ0n) is 20.4. The molecule has 36 heavy (non-hydrogen) atoms. The maximum absolute atomic E-state index is 13.6. The molecule has 1 aromatic heterocycles. The molecular formula is C24H28N6O5S. The summed E-state index contributed by atoms with van der Waals surface area (Å²) in [4.78, 5) is 54.8. The van der Waals surface area contributed by atoms with Gasteiger partial charge in [-0.2, -0.15) is 0 Å². The average molecular weight is 513 g/mol. The van der Waals surface area contributed by atoms with E-state index >= 15 is 0 Å². The van der Waals surface area contributed by atoms with Crippen LogP contribution in [-0.2, 0) is 37.7 Å². The van der Waals surface area contributed by atoms with E-state index in [1.165, 1.54) is 23.3 Å². The fourth-order valence-electron chi connectivity index (χ4n) is 4.92. The molecule has 1 saturated heterocycles. The van der Waals surface area contributed by atoms with Crippen LogP contribution in [0.15, 0.2) is 18.2 Å². The summed E-state index contributed by atoms with van der Waals surface area (Å²) in [7, 11) is 1.50. The van der Waals surface area contributed by atoms with Crippen molar-refractivity contribution in [3.05, 3.63) is 39.3 Å². The number of carbonyl (C=O) groups excluding carboxylic acids is 4. The van der Waals surface area contributed by atoms with E-state index in [0.717, 1.165) is 22.9 Å². The van der Waals surface area contributed by atoms with E-state index < -0.39 is 11.5 Å². The number of aryl methyl sites for hydroxylation is 1. The number of amides is 4. The van der Waals surface area contributed by atoms with Crippen molar-refractivity contribution < 1.29 is 23.9 Å². The van der Waals surface area contributed by atoms with E-state index in [1.807, 2.05) is 13.8 Å². The summed E-state index contributed by atoms with van der Waals surface area (Å²) in [5.41, 5.74) is -0.162. The summed E-state index contributed by atoms with van der Waals surface area (Å²) in [6.07, 6.45) is 2.14. The number of hydrogen-bond acceptors (Lipinski definition) is 8. The molecule has 1 aromatic carbocycles. The maximum Gasteiger partial charge on any atom is 0.318 e.